The number of para-hydroxylation sites is 1. The zero-order chi connectivity index (χ0) is 18.8. The number of hydrogen-bond donors (Lipinski definition) is 1. The Bertz CT molecular complexity index is 491. The third-order valence-corrected chi connectivity index (χ3v) is 3.73. The predicted octanol–water partition coefficient (Wildman–Crippen LogP) is 3.20. The van der Waals surface area contributed by atoms with E-state index in [4.69, 9.17) is 14.2 Å². The molecule has 1 aromatic carbocycles. The summed E-state index contributed by atoms with van der Waals surface area (Å²) in [4.78, 5) is 2.24. The summed E-state index contributed by atoms with van der Waals surface area (Å²) in [5, 5.41) is 10.3. The molecule has 5 nitrogen and oxygen atoms in total. The first-order valence-corrected chi connectivity index (χ1v) is 9.05. The summed E-state index contributed by atoms with van der Waals surface area (Å²) in [6.45, 7) is 11.7. The zero-order valence-corrected chi connectivity index (χ0v) is 16.6. The third kappa shape index (κ3) is 8.08. The van der Waals surface area contributed by atoms with Crippen LogP contribution in [-0.2, 0) is 11.3 Å². The average molecular weight is 354 g/mol. The minimum atomic E-state index is -0.505. The highest BCUT2D eigenvalue weighted by Crippen LogP contribution is 2.31. The quantitative estimate of drug-likeness (QED) is 0.625. The van der Waals surface area contributed by atoms with E-state index >= 15 is 0 Å². The molecular formula is C20H35NO4. The third-order valence-electron chi connectivity index (χ3n) is 3.73. The molecule has 1 atom stereocenters. The van der Waals surface area contributed by atoms with Gasteiger partial charge in [0.25, 0.3) is 0 Å². The van der Waals surface area contributed by atoms with Gasteiger partial charge in [-0.05, 0) is 17.9 Å². The number of nitrogens with zero attached hydrogens (tertiary/aromatic N) is 1. The maximum absolute atomic E-state index is 10.3. The minimum Gasteiger partial charge on any atom is -0.493 e. The zero-order valence-electron chi connectivity index (χ0n) is 16.6. The van der Waals surface area contributed by atoms with Crippen molar-refractivity contribution >= 4 is 0 Å². The van der Waals surface area contributed by atoms with Gasteiger partial charge in [-0.25, -0.2) is 0 Å². The predicted molar refractivity (Wildman–Crippen MR) is 101 cm³/mol. The van der Waals surface area contributed by atoms with Crippen LogP contribution in [0.2, 0.25) is 0 Å². The standard InChI is InChI=1S/C20H35NO4/c1-15(2)10-21(12-18(22)14-25-13-16(3)4)11-17-8-7-9-19(23-5)20(17)24-6/h7-9,15-16,18,22H,10-14H2,1-6H3/t18-/m1/s1. The molecule has 1 rings (SSSR count). The molecule has 0 bridgehead atoms. The Morgan fingerprint density at radius 2 is 1.68 bits per heavy atom. The summed E-state index contributed by atoms with van der Waals surface area (Å²) < 4.78 is 16.5. The van der Waals surface area contributed by atoms with E-state index in [9.17, 15) is 5.11 Å². The van der Waals surface area contributed by atoms with Crippen LogP contribution in [0.4, 0.5) is 0 Å². The normalized spacial score (nSPS) is 12.9. The molecule has 0 amide bonds. The number of methoxy groups -OCH3 is 2. The Kier molecular flexibility index (Phi) is 9.86. The van der Waals surface area contributed by atoms with Gasteiger partial charge in [-0.2, -0.15) is 0 Å². The van der Waals surface area contributed by atoms with Crippen LogP contribution < -0.4 is 9.47 Å². The van der Waals surface area contributed by atoms with Crippen molar-refractivity contribution in [1.29, 1.82) is 0 Å². The average Bonchev–Trinajstić information content (AvgIpc) is 2.53. The van der Waals surface area contributed by atoms with Gasteiger partial charge in [0, 0.05) is 31.8 Å². The van der Waals surface area contributed by atoms with Crippen molar-refractivity contribution in [2.75, 3.05) is 40.5 Å². The molecular weight excluding hydrogens is 318 g/mol. The Labute approximate surface area is 152 Å². The van der Waals surface area contributed by atoms with E-state index in [0.29, 0.717) is 38.1 Å². The molecule has 0 saturated heterocycles. The van der Waals surface area contributed by atoms with E-state index in [1.54, 1.807) is 14.2 Å². The molecule has 0 aliphatic rings. The first-order valence-electron chi connectivity index (χ1n) is 9.05. The van der Waals surface area contributed by atoms with Crippen LogP contribution >= 0.6 is 0 Å². The van der Waals surface area contributed by atoms with E-state index in [2.05, 4.69) is 32.6 Å². The molecule has 0 radical (unpaired) electrons. The van der Waals surface area contributed by atoms with Crippen LogP contribution in [0.25, 0.3) is 0 Å². The maximum Gasteiger partial charge on any atom is 0.165 e. The second-order valence-corrected chi connectivity index (χ2v) is 7.33. The molecule has 0 saturated carbocycles. The van der Waals surface area contributed by atoms with Crippen molar-refractivity contribution in [1.82, 2.24) is 4.90 Å². The van der Waals surface area contributed by atoms with Crippen molar-refractivity contribution in [3.63, 3.8) is 0 Å². The lowest BCUT2D eigenvalue weighted by molar-refractivity contribution is 0.00512. The maximum atomic E-state index is 10.3. The number of hydrogen-bond acceptors (Lipinski definition) is 5. The summed E-state index contributed by atoms with van der Waals surface area (Å²) in [5.74, 6) is 2.45. The van der Waals surface area contributed by atoms with Gasteiger partial charge in [0.2, 0.25) is 0 Å². The molecule has 0 aliphatic heterocycles. The fraction of sp³-hybridized carbons (Fsp3) is 0.700. The summed E-state index contributed by atoms with van der Waals surface area (Å²) >= 11 is 0. The monoisotopic (exact) mass is 353 g/mol. The second kappa shape index (κ2) is 11.3. The van der Waals surface area contributed by atoms with Crippen LogP contribution in [-0.4, -0.2) is 56.6 Å². The van der Waals surface area contributed by atoms with Crippen molar-refractivity contribution in [2.24, 2.45) is 11.8 Å². The Morgan fingerprint density at radius 1 is 0.960 bits per heavy atom. The lowest BCUT2D eigenvalue weighted by Gasteiger charge is -2.27. The molecule has 1 N–H and O–H groups in total. The van der Waals surface area contributed by atoms with E-state index in [0.717, 1.165) is 23.6 Å². The number of rotatable bonds is 12. The highest BCUT2D eigenvalue weighted by Gasteiger charge is 2.17. The first kappa shape index (κ1) is 21.7. The van der Waals surface area contributed by atoms with Gasteiger partial charge in [0.1, 0.15) is 0 Å². The van der Waals surface area contributed by atoms with Crippen molar-refractivity contribution in [2.45, 2.75) is 40.3 Å². The topological polar surface area (TPSA) is 51.2 Å². The molecule has 144 valence electrons. The van der Waals surface area contributed by atoms with Gasteiger partial charge < -0.3 is 19.3 Å². The Morgan fingerprint density at radius 3 is 2.24 bits per heavy atom. The van der Waals surface area contributed by atoms with E-state index in [1.165, 1.54) is 0 Å². The molecule has 0 aliphatic carbocycles. The van der Waals surface area contributed by atoms with Gasteiger partial charge in [-0.1, -0.05) is 39.8 Å². The Hall–Kier alpha value is -1.30. The number of aliphatic hydroxyl groups excluding tert-OH is 1. The van der Waals surface area contributed by atoms with E-state index in [1.807, 2.05) is 18.2 Å². The molecule has 0 unspecified atom stereocenters. The van der Waals surface area contributed by atoms with Crippen LogP contribution in [0.1, 0.15) is 33.3 Å². The summed E-state index contributed by atoms with van der Waals surface area (Å²) in [6.07, 6.45) is -0.505. The largest absolute Gasteiger partial charge is 0.493 e. The fourth-order valence-corrected chi connectivity index (χ4v) is 2.83. The number of benzene rings is 1. The molecule has 0 spiro atoms. The Balaban J connectivity index is 2.76. The fourth-order valence-electron chi connectivity index (χ4n) is 2.83. The summed E-state index contributed by atoms with van der Waals surface area (Å²) in [7, 11) is 3.30. The SMILES string of the molecule is COc1cccc(CN(CC(C)C)C[C@@H](O)COCC(C)C)c1OC. The molecule has 0 aromatic heterocycles. The van der Waals surface area contributed by atoms with Crippen molar-refractivity contribution in [3.8, 4) is 11.5 Å². The molecule has 5 heteroatoms. The van der Waals surface area contributed by atoms with Gasteiger partial charge in [-0.15, -0.1) is 0 Å². The van der Waals surface area contributed by atoms with Gasteiger partial charge in [-0.3, -0.25) is 4.90 Å². The van der Waals surface area contributed by atoms with Crippen LogP contribution in [0.3, 0.4) is 0 Å². The van der Waals surface area contributed by atoms with Crippen LogP contribution in [0.15, 0.2) is 18.2 Å². The second-order valence-electron chi connectivity index (χ2n) is 7.33. The smallest absolute Gasteiger partial charge is 0.165 e. The van der Waals surface area contributed by atoms with Gasteiger partial charge >= 0.3 is 0 Å². The van der Waals surface area contributed by atoms with Crippen LogP contribution in [0, 0.1) is 11.8 Å². The van der Waals surface area contributed by atoms with Crippen LogP contribution in [0.5, 0.6) is 11.5 Å². The lowest BCUT2D eigenvalue weighted by atomic mass is 10.1. The minimum absolute atomic E-state index is 0.363. The van der Waals surface area contributed by atoms with E-state index in [-0.39, 0.29) is 0 Å². The van der Waals surface area contributed by atoms with E-state index < -0.39 is 6.10 Å². The molecule has 25 heavy (non-hydrogen) atoms. The molecule has 0 heterocycles. The molecule has 0 fully saturated rings. The van der Waals surface area contributed by atoms with Gasteiger partial charge in [0.15, 0.2) is 11.5 Å². The molecule has 1 aromatic rings. The number of aliphatic hydroxyl groups is 1. The number of ether oxygens (including phenoxy) is 3. The lowest BCUT2D eigenvalue weighted by Crippen LogP contribution is -2.37. The first-order chi connectivity index (χ1) is 11.9. The van der Waals surface area contributed by atoms with Crippen molar-refractivity contribution in [3.05, 3.63) is 23.8 Å². The summed E-state index contributed by atoms with van der Waals surface area (Å²) in [5.41, 5.74) is 1.05. The summed E-state index contributed by atoms with van der Waals surface area (Å²) in [6, 6.07) is 5.90. The highest BCUT2D eigenvalue weighted by atomic mass is 16.5. The van der Waals surface area contributed by atoms with Crippen molar-refractivity contribution < 1.29 is 19.3 Å². The highest BCUT2D eigenvalue weighted by molar-refractivity contribution is 5.46. The van der Waals surface area contributed by atoms with Gasteiger partial charge in [0.05, 0.1) is 26.9 Å².